The number of Topliss-reactive ketones (excluding diaryl/α,β-unsaturated/α-hetero) is 1. The van der Waals surface area contributed by atoms with Gasteiger partial charge in [-0.25, -0.2) is 0 Å². The van der Waals surface area contributed by atoms with E-state index >= 15 is 0 Å². The van der Waals surface area contributed by atoms with E-state index in [1.54, 1.807) is 6.92 Å². The SMILES string of the molecule is CCC(CC)N(CC(C)C)CC(C)(C)C(C)=O. The molecule has 2 nitrogen and oxygen atoms in total. The number of carbonyl (C=O) groups is 1. The van der Waals surface area contributed by atoms with Crippen molar-refractivity contribution in [1.82, 2.24) is 4.90 Å². The first-order valence-electron chi connectivity index (χ1n) is 6.99. The topological polar surface area (TPSA) is 20.3 Å². The van der Waals surface area contributed by atoms with Crippen LogP contribution in [0.15, 0.2) is 0 Å². The van der Waals surface area contributed by atoms with Gasteiger partial charge in [0, 0.05) is 24.5 Å². The van der Waals surface area contributed by atoms with Crippen LogP contribution in [-0.4, -0.2) is 29.8 Å². The third kappa shape index (κ3) is 5.67. The summed E-state index contributed by atoms with van der Waals surface area (Å²) in [5.41, 5.74) is -0.225. The molecule has 0 radical (unpaired) electrons. The van der Waals surface area contributed by atoms with Crippen molar-refractivity contribution in [3.63, 3.8) is 0 Å². The largest absolute Gasteiger partial charge is 0.299 e. The molecule has 0 aliphatic heterocycles. The lowest BCUT2D eigenvalue weighted by molar-refractivity contribution is -0.126. The Morgan fingerprint density at radius 1 is 1.18 bits per heavy atom. The van der Waals surface area contributed by atoms with Gasteiger partial charge in [-0.05, 0) is 25.7 Å². The molecule has 0 aliphatic rings. The first-order valence-corrected chi connectivity index (χ1v) is 6.99. The summed E-state index contributed by atoms with van der Waals surface area (Å²) in [6.45, 7) is 16.8. The number of nitrogens with zero attached hydrogens (tertiary/aromatic N) is 1. The van der Waals surface area contributed by atoms with E-state index in [0.717, 1.165) is 25.9 Å². The van der Waals surface area contributed by atoms with Gasteiger partial charge in [0.2, 0.25) is 0 Å². The fourth-order valence-electron chi connectivity index (χ4n) is 2.24. The van der Waals surface area contributed by atoms with Gasteiger partial charge in [0.1, 0.15) is 5.78 Å². The monoisotopic (exact) mass is 241 g/mol. The maximum Gasteiger partial charge on any atom is 0.136 e. The first-order chi connectivity index (χ1) is 7.74. The molecule has 17 heavy (non-hydrogen) atoms. The van der Waals surface area contributed by atoms with Crippen molar-refractivity contribution in [2.24, 2.45) is 11.3 Å². The van der Waals surface area contributed by atoms with Gasteiger partial charge in [-0.15, -0.1) is 0 Å². The van der Waals surface area contributed by atoms with Gasteiger partial charge >= 0.3 is 0 Å². The molecule has 0 amide bonds. The van der Waals surface area contributed by atoms with Crippen molar-refractivity contribution < 1.29 is 4.79 Å². The first kappa shape index (κ1) is 16.6. The van der Waals surface area contributed by atoms with Crippen LogP contribution >= 0.6 is 0 Å². The third-order valence-electron chi connectivity index (χ3n) is 3.61. The molecule has 0 atom stereocenters. The molecule has 0 saturated carbocycles. The normalized spacial score (nSPS) is 12.8. The second kappa shape index (κ2) is 7.15. The van der Waals surface area contributed by atoms with Gasteiger partial charge in [0.15, 0.2) is 0 Å². The summed E-state index contributed by atoms with van der Waals surface area (Å²) in [4.78, 5) is 14.2. The van der Waals surface area contributed by atoms with Crippen LogP contribution in [0.3, 0.4) is 0 Å². The Hall–Kier alpha value is -0.370. The third-order valence-corrected chi connectivity index (χ3v) is 3.61. The number of rotatable bonds is 8. The average molecular weight is 241 g/mol. The minimum Gasteiger partial charge on any atom is -0.299 e. The summed E-state index contributed by atoms with van der Waals surface area (Å²) in [5.74, 6) is 0.940. The summed E-state index contributed by atoms with van der Waals surface area (Å²) in [6.07, 6.45) is 2.33. The Morgan fingerprint density at radius 2 is 1.65 bits per heavy atom. The van der Waals surface area contributed by atoms with E-state index < -0.39 is 0 Å². The number of carbonyl (C=O) groups excluding carboxylic acids is 1. The van der Waals surface area contributed by atoms with Gasteiger partial charge < -0.3 is 0 Å². The van der Waals surface area contributed by atoms with Crippen LogP contribution in [0.5, 0.6) is 0 Å². The van der Waals surface area contributed by atoms with Gasteiger partial charge in [-0.3, -0.25) is 9.69 Å². The molecule has 0 aromatic rings. The fourth-order valence-corrected chi connectivity index (χ4v) is 2.24. The highest BCUT2D eigenvalue weighted by atomic mass is 16.1. The molecule has 0 bridgehead atoms. The van der Waals surface area contributed by atoms with Crippen LogP contribution in [0.4, 0.5) is 0 Å². The Morgan fingerprint density at radius 3 is 1.94 bits per heavy atom. The molecule has 0 saturated heterocycles. The fraction of sp³-hybridized carbons (Fsp3) is 0.933. The zero-order valence-corrected chi connectivity index (χ0v) is 12.8. The molecule has 0 rings (SSSR count). The summed E-state index contributed by atoms with van der Waals surface area (Å²) >= 11 is 0. The molecule has 0 aliphatic carbocycles. The Bertz CT molecular complexity index is 229. The van der Waals surface area contributed by atoms with Crippen LogP contribution in [0.2, 0.25) is 0 Å². The predicted octanol–water partition coefficient (Wildman–Crippen LogP) is 3.75. The van der Waals surface area contributed by atoms with E-state index in [-0.39, 0.29) is 11.2 Å². The van der Waals surface area contributed by atoms with E-state index in [2.05, 4.69) is 46.4 Å². The smallest absolute Gasteiger partial charge is 0.136 e. The van der Waals surface area contributed by atoms with Crippen LogP contribution in [0, 0.1) is 11.3 Å². The number of ketones is 1. The van der Waals surface area contributed by atoms with Gasteiger partial charge in [-0.2, -0.15) is 0 Å². The van der Waals surface area contributed by atoms with Crippen molar-refractivity contribution in [2.45, 2.75) is 67.3 Å². The van der Waals surface area contributed by atoms with Crippen LogP contribution in [0.1, 0.15) is 61.3 Å². The summed E-state index contributed by atoms with van der Waals surface area (Å²) in [5, 5.41) is 0. The zero-order valence-electron chi connectivity index (χ0n) is 12.8. The lowest BCUT2D eigenvalue weighted by atomic mass is 9.87. The maximum atomic E-state index is 11.7. The van der Waals surface area contributed by atoms with E-state index in [1.165, 1.54) is 0 Å². The van der Waals surface area contributed by atoms with Crippen molar-refractivity contribution in [2.75, 3.05) is 13.1 Å². The van der Waals surface area contributed by atoms with E-state index in [9.17, 15) is 4.79 Å². The van der Waals surface area contributed by atoms with Crippen molar-refractivity contribution in [3.05, 3.63) is 0 Å². The standard InChI is InChI=1S/C15H31NO/c1-8-14(9-2)16(10-12(3)4)11-15(6,7)13(5)17/h12,14H,8-11H2,1-7H3. The second-order valence-electron chi connectivity index (χ2n) is 6.23. The van der Waals surface area contributed by atoms with Gasteiger partial charge in [0.25, 0.3) is 0 Å². The van der Waals surface area contributed by atoms with Crippen LogP contribution < -0.4 is 0 Å². The summed E-state index contributed by atoms with van der Waals surface area (Å²) in [6, 6.07) is 0.607. The maximum absolute atomic E-state index is 11.7. The highest BCUT2D eigenvalue weighted by Crippen LogP contribution is 2.22. The summed E-state index contributed by atoms with van der Waals surface area (Å²) in [7, 11) is 0. The van der Waals surface area contributed by atoms with Crippen LogP contribution in [0.25, 0.3) is 0 Å². The second-order valence-corrected chi connectivity index (χ2v) is 6.23. The molecular formula is C15H31NO. The molecule has 0 aromatic carbocycles. The quantitative estimate of drug-likeness (QED) is 0.645. The zero-order chi connectivity index (χ0) is 13.6. The molecule has 0 spiro atoms. The lowest BCUT2D eigenvalue weighted by Gasteiger charge is -2.37. The minimum atomic E-state index is -0.225. The molecule has 0 heterocycles. The molecular weight excluding hydrogens is 210 g/mol. The Labute approximate surface area is 108 Å². The molecule has 0 fully saturated rings. The summed E-state index contributed by atoms with van der Waals surface area (Å²) < 4.78 is 0. The van der Waals surface area contributed by atoms with Crippen molar-refractivity contribution in [3.8, 4) is 0 Å². The molecule has 0 aromatic heterocycles. The van der Waals surface area contributed by atoms with Crippen LogP contribution in [-0.2, 0) is 4.79 Å². The molecule has 0 unspecified atom stereocenters. The molecule has 0 N–H and O–H groups in total. The molecule has 102 valence electrons. The molecule has 2 heteroatoms. The number of hydrogen-bond acceptors (Lipinski definition) is 2. The highest BCUT2D eigenvalue weighted by molar-refractivity contribution is 5.81. The minimum absolute atomic E-state index is 0.225. The highest BCUT2D eigenvalue weighted by Gasteiger charge is 2.29. The number of hydrogen-bond donors (Lipinski definition) is 0. The van der Waals surface area contributed by atoms with E-state index in [1.807, 2.05) is 0 Å². The van der Waals surface area contributed by atoms with Crippen molar-refractivity contribution >= 4 is 5.78 Å². The predicted molar refractivity (Wildman–Crippen MR) is 75.2 cm³/mol. The van der Waals surface area contributed by atoms with Gasteiger partial charge in [-0.1, -0.05) is 41.5 Å². The van der Waals surface area contributed by atoms with Crippen molar-refractivity contribution in [1.29, 1.82) is 0 Å². The lowest BCUT2D eigenvalue weighted by Crippen LogP contribution is -2.45. The van der Waals surface area contributed by atoms with E-state index in [0.29, 0.717) is 12.0 Å². The van der Waals surface area contributed by atoms with E-state index in [4.69, 9.17) is 0 Å². The Kier molecular flexibility index (Phi) is 6.99. The average Bonchev–Trinajstić information content (AvgIpc) is 2.17. The Balaban J connectivity index is 4.75. The van der Waals surface area contributed by atoms with Gasteiger partial charge in [0.05, 0.1) is 0 Å².